The van der Waals surface area contributed by atoms with Gasteiger partial charge in [-0.1, -0.05) is 0 Å². The maximum absolute atomic E-state index is 12.9. The van der Waals surface area contributed by atoms with E-state index in [4.69, 9.17) is 4.74 Å². The van der Waals surface area contributed by atoms with Gasteiger partial charge in [-0.25, -0.2) is 9.78 Å². The number of aromatic nitrogens is 3. The Morgan fingerprint density at radius 2 is 1.86 bits per heavy atom. The van der Waals surface area contributed by atoms with Crippen LogP contribution in [0, 0.1) is 6.92 Å². The first kappa shape index (κ1) is 21.2. The number of rotatable bonds is 4. The van der Waals surface area contributed by atoms with E-state index in [0.29, 0.717) is 0 Å². The number of pyridine rings is 1. The van der Waals surface area contributed by atoms with Crippen LogP contribution < -0.4 is 15.7 Å². The van der Waals surface area contributed by atoms with Gasteiger partial charge in [0.1, 0.15) is 11.6 Å². The highest BCUT2D eigenvalue weighted by molar-refractivity contribution is 5.85. The molecular formula is C21H28ClN5O2. The number of hydrogen-bond donors (Lipinski definition) is 1. The summed E-state index contributed by atoms with van der Waals surface area (Å²) in [6.07, 6.45) is 3.75. The number of benzene rings is 1. The Morgan fingerprint density at radius 3 is 2.52 bits per heavy atom. The quantitative estimate of drug-likeness (QED) is 0.704. The van der Waals surface area contributed by atoms with E-state index < -0.39 is 0 Å². The molecule has 2 aromatic heterocycles. The summed E-state index contributed by atoms with van der Waals surface area (Å²) in [5.41, 5.74) is 3.87. The maximum atomic E-state index is 12.9. The van der Waals surface area contributed by atoms with Gasteiger partial charge in [0.15, 0.2) is 0 Å². The Balaban J connectivity index is 0.00000240. The number of nitrogens with one attached hydrogen (secondary N) is 1. The Kier molecular flexibility index (Phi) is 6.19. The predicted octanol–water partition coefficient (Wildman–Crippen LogP) is 3.48. The molecule has 8 heteroatoms. The van der Waals surface area contributed by atoms with Crippen LogP contribution in [0.1, 0.15) is 24.4 Å². The summed E-state index contributed by atoms with van der Waals surface area (Å²) in [6, 6.07) is 8.10. The monoisotopic (exact) mass is 417 g/mol. The number of likely N-dealkylation sites (tertiary alicyclic amines) is 1. The molecule has 1 aromatic carbocycles. The highest BCUT2D eigenvalue weighted by atomic mass is 35.5. The minimum atomic E-state index is 0. The van der Waals surface area contributed by atoms with Crippen LogP contribution in [0.15, 0.2) is 35.3 Å². The van der Waals surface area contributed by atoms with E-state index in [1.54, 1.807) is 17.9 Å². The molecule has 0 saturated carbocycles. The summed E-state index contributed by atoms with van der Waals surface area (Å²) in [5.74, 6) is 1.55. The molecule has 0 spiro atoms. The smallest absolute Gasteiger partial charge is 0.329 e. The third-order valence-electron chi connectivity index (χ3n) is 5.73. The molecule has 1 aliphatic rings. The van der Waals surface area contributed by atoms with Crippen LogP contribution in [0.4, 0.5) is 11.5 Å². The Hall–Kier alpha value is -2.51. The van der Waals surface area contributed by atoms with Gasteiger partial charge in [-0.2, -0.15) is 0 Å². The number of methoxy groups -OCH3 is 1. The Labute approximate surface area is 176 Å². The summed E-state index contributed by atoms with van der Waals surface area (Å²) >= 11 is 0. The van der Waals surface area contributed by atoms with Gasteiger partial charge in [-0.05, 0) is 63.7 Å². The first-order chi connectivity index (χ1) is 13.5. The molecule has 1 N–H and O–H groups in total. The van der Waals surface area contributed by atoms with Crippen molar-refractivity contribution in [3.63, 3.8) is 0 Å². The summed E-state index contributed by atoms with van der Waals surface area (Å²) < 4.78 is 8.93. The molecule has 7 nitrogen and oxygen atoms in total. The average molecular weight is 418 g/mol. The number of nitrogens with zero attached hydrogens (tertiary/aromatic N) is 4. The molecule has 0 unspecified atom stereocenters. The zero-order valence-electron chi connectivity index (χ0n) is 17.3. The van der Waals surface area contributed by atoms with Gasteiger partial charge in [-0.15, -0.1) is 12.4 Å². The van der Waals surface area contributed by atoms with E-state index >= 15 is 0 Å². The number of piperidine rings is 1. The number of fused-ring (bicyclic) bond motifs is 1. The molecule has 3 aromatic rings. The molecule has 156 valence electrons. The topological polar surface area (TPSA) is 64.3 Å². The second-order valence-electron chi connectivity index (χ2n) is 7.61. The molecule has 1 fully saturated rings. The van der Waals surface area contributed by atoms with Crippen LogP contribution in [0.5, 0.6) is 5.75 Å². The van der Waals surface area contributed by atoms with Gasteiger partial charge in [-0.3, -0.25) is 9.13 Å². The molecule has 3 heterocycles. The molecule has 1 saturated heterocycles. The second-order valence-corrected chi connectivity index (χ2v) is 7.61. The normalized spacial score (nSPS) is 15.3. The minimum absolute atomic E-state index is 0. The molecular weight excluding hydrogens is 390 g/mol. The summed E-state index contributed by atoms with van der Waals surface area (Å²) in [7, 11) is 5.61. The molecule has 0 aliphatic carbocycles. The zero-order valence-corrected chi connectivity index (χ0v) is 18.1. The largest absolute Gasteiger partial charge is 0.497 e. The van der Waals surface area contributed by atoms with E-state index in [0.717, 1.165) is 59.8 Å². The lowest BCUT2D eigenvalue weighted by molar-refractivity contribution is 0.221. The van der Waals surface area contributed by atoms with Crippen molar-refractivity contribution in [2.75, 3.05) is 32.6 Å². The molecule has 0 bridgehead atoms. The van der Waals surface area contributed by atoms with Crippen LogP contribution >= 0.6 is 12.4 Å². The number of halogens is 1. The molecule has 4 rings (SSSR count). The lowest BCUT2D eigenvalue weighted by atomic mass is 10.1. The van der Waals surface area contributed by atoms with E-state index in [1.165, 1.54) is 0 Å². The van der Waals surface area contributed by atoms with Crippen molar-refractivity contribution >= 4 is 34.9 Å². The van der Waals surface area contributed by atoms with Crippen LogP contribution in [0.3, 0.4) is 0 Å². The first-order valence-electron chi connectivity index (χ1n) is 9.65. The highest BCUT2D eigenvalue weighted by Gasteiger charge is 2.23. The summed E-state index contributed by atoms with van der Waals surface area (Å²) in [5, 5.41) is 3.38. The summed E-state index contributed by atoms with van der Waals surface area (Å²) in [4.78, 5) is 19.8. The van der Waals surface area contributed by atoms with Gasteiger partial charge in [0.05, 0.1) is 24.3 Å². The number of anilines is 2. The van der Waals surface area contributed by atoms with E-state index in [-0.39, 0.29) is 24.1 Å². The van der Waals surface area contributed by atoms with Crippen molar-refractivity contribution < 1.29 is 4.74 Å². The third kappa shape index (κ3) is 3.97. The minimum Gasteiger partial charge on any atom is -0.497 e. The predicted molar refractivity (Wildman–Crippen MR) is 119 cm³/mol. The maximum Gasteiger partial charge on any atom is 0.329 e. The molecule has 0 atom stereocenters. The van der Waals surface area contributed by atoms with Crippen LogP contribution in [-0.4, -0.2) is 46.3 Å². The molecule has 0 radical (unpaired) electrons. The van der Waals surface area contributed by atoms with Crippen molar-refractivity contribution in [2.24, 2.45) is 7.05 Å². The Bertz CT molecular complexity index is 1070. The first-order valence-corrected chi connectivity index (χ1v) is 9.65. The van der Waals surface area contributed by atoms with Gasteiger partial charge in [0.25, 0.3) is 0 Å². The van der Waals surface area contributed by atoms with Crippen LogP contribution in [0.2, 0.25) is 0 Å². The van der Waals surface area contributed by atoms with E-state index in [1.807, 2.05) is 42.8 Å². The molecule has 1 aliphatic heterocycles. The van der Waals surface area contributed by atoms with Gasteiger partial charge in [0, 0.05) is 24.8 Å². The Morgan fingerprint density at radius 1 is 1.14 bits per heavy atom. The standard InChI is InChI=1S/C21H27N5O2.ClH/c1-14-11-16(28-4)5-6-17(14)23-20-12-18-19(13-22-20)25(3)21(27)26(18)15-7-9-24(2)10-8-15;/h5-6,11-13,15H,7-10H2,1-4H3,(H,22,23);1H. The fourth-order valence-corrected chi connectivity index (χ4v) is 3.97. The number of aryl methyl sites for hydroxylation is 2. The molecule has 29 heavy (non-hydrogen) atoms. The lowest BCUT2D eigenvalue weighted by Crippen LogP contribution is -2.35. The SMILES string of the molecule is COc1ccc(Nc2cc3c(cn2)n(C)c(=O)n3C2CCN(C)CC2)c(C)c1.Cl. The number of imidazole rings is 1. The highest BCUT2D eigenvalue weighted by Crippen LogP contribution is 2.28. The third-order valence-corrected chi connectivity index (χ3v) is 5.73. The van der Waals surface area contributed by atoms with Crippen LogP contribution in [0.25, 0.3) is 11.0 Å². The van der Waals surface area contributed by atoms with Crippen molar-refractivity contribution in [3.8, 4) is 5.75 Å². The molecule has 0 amide bonds. The zero-order chi connectivity index (χ0) is 19.8. The number of hydrogen-bond acceptors (Lipinski definition) is 5. The lowest BCUT2D eigenvalue weighted by Gasteiger charge is -2.29. The summed E-state index contributed by atoms with van der Waals surface area (Å²) in [6.45, 7) is 4.05. The average Bonchev–Trinajstić information content (AvgIpc) is 2.94. The van der Waals surface area contributed by atoms with Crippen molar-refractivity contribution in [1.29, 1.82) is 0 Å². The van der Waals surface area contributed by atoms with Gasteiger partial charge in [0.2, 0.25) is 0 Å². The van der Waals surface area contributed by atoms with Gasteiger partial charge >= 0.3 is 5.69 Å². The van der Waals surface area contributed by atoms with Gasteiger partial charge < -0.3 is 15.0 Å². The second kappa shape index (κ2) is 8.47. The van der Waals surface area contributed by atoms with Crippen LogP contribution in [-0.2, 0) is 7.05 Å². The fourth-order valence-electron chi connectivity index (χ4n) is 3.97. The fraction of sp³-hybridized carbons (Fsp3) is 0.429. The van der Waals surface area contributed by atoms with Crippen molar-refractivity contribution in [3.05, 3.63) is 46.5 Å². The van der Waals surface area contributed by atoms with Crippen molar-refractivity contribution in [1.82, 2.24) is 19.0 Å². The van der Waals surface area contributed by atoms with Crippen molar-refractivity contribution in [2.45, 2.75) is 25.8 Å². The number of ether oxygens (including phenoxy) is 1. The van der Waals surface area contributed by atoms with E-state index in [9.17, 15) is 4.79 Å². The van der Waals surface area contributed by atoms with E-state index in [2.05, 4.69) is 22.2 Å².